The maximum absolute atomic E-state index is 13.0. The number of pyridine rings is 2. The third-order valence-corrected chi connectivity index (χ3v) is 6.54. The van der Waals surface area contributed by atoms with Crippen molar-refractivity contribution in [1.82, 2.24) is 29.2 Å². The Balaban J connectivity index is 1.57. The van der Waals surface area contributed by atoms with Crippen molar-refractivity contribution in [2.45, 2.75) is 17.4 Å². The Morgan fingerprint density at radius 1 is 0.973 bits per heavy atom. The number of nitrogens with zero attached hydrogens (tertiary/aromatic N) is 4. The van der Waals surface area contributed by atoms with E-state index < -0.39 is 60.2 Å². The van der Waals surface area contributed by atoms with Gasteiger partial charge in [0.05, 0.1) is 21.2 Å². The first kappa shape index (κ1) is 26.7. The van der Waals surface area contributed by atoms with Crippen molar-refractivity contribution in [3.8, 4) is 5.82 Å². The van der Waals surface area contributed by atoms with Crippen LogP contribution in [0.5, 0.6) is 0 Å². The Kier molecular flexibility index (Phi) is 6.64. The summed E-state index contributed by atoms with van der Waals surface area (Å²) >= 11 is 11.7. The van der Waals surface area contributed by atoms with E-state index in [0.29, 0.717) is 24.5 Å². The second kappa shape index (κ2) is 9.20. The summed E-state index contributed by atoms with van der Waals surface area (Å²) in [6.07, 6.45) is -6.30. The van der Waals surface area contributed by atoms with Crippen molar-refractivity contribution in [3.63, 3.8) is 0 Å². The molecule has 0 bridgehead atoms. The summed E-state index contributed by atoms with van der Waals surface area (Å²) in [5, 5.41) is -1.48. The van der Waals surface area contributed by atoms with Crippen LogP contribution in [0.25, 0.3) is 11.5 Å². The molecule has 4 rings (SSSR count). The molecule has 0 radical (unpaired) electrons. The van der Waals surface area contributed by atoms with Crippen molar-refractivity contribution >= 4 is 44.8 Å². The number of hydrogen-bond acceptors (Lipinski definition) is 5. The van der Waals surface area contributed by atoms with Gasteiger partial charge in [-0.2, -0.15) is 26.3 Å². The van der Waals surface area contributed by atoms with Gasteiger partial charge in [-0.05, 0) is 24.3 Å². The number of fused-ring (bicyclic) bond motifs is 1. The van der Waals surface area contributed by atoms with Crippen molar-refractivity contribution in [3.05, 3.63) is 75.9 Å². The van der Waals surface area contributed by atoms with Gasteiger partial charge in [0.1, 0.15) is 5.69 Å². The van der Waals surface area contributed by atoms with E-state index in [-0.39, 0.29) is 11.5 Å². The normalized spacial score (nSPS) is 12.8. The van der Waals surface area contributed by atoms with E-state index >= 15 is 0 Å². The molecule has 0 aromatic carbocycles. The fourth-order valence-corrected chi connectivity index (χ4v) is 4.58. The molecular weight excluding hydrogens is 577 g/mol. The zero-order chi connectivity index (χ0) is 27.3. The van der Waals surface area contributed by atoms with Crippen LogP contribution in [0.4, 0.5) is 26.3 Å². The molecule has 4 heterocycles. The molecule has 18 heteroatoms. The number of hydrazine groups is 1. The summed E-state index contributed by atoms with van der Waals surface area (Å²) in [6, 6.07) is 3.46. The Hall–Kier alpha value is -3.34. The number of halogens is 8. The van der Waals surface area contributed by atoms with Crippen LogP contribution in [0.2, 0.25) is 10.0 Å². The van der Waals surface area contributed by atoms with Crippen LogP contribution in [0.15, 0.2) is 54.1 Å². The standard InChI is InChI=1S/C19H10Cl2F6N6O3S/c20-11-4-9(18(22,23)24)6-28-15(11)33-3-1-2-14(33)37(35,36)31-30-17(34)13-8-32-7-10(19(25,26)27)5-12(21)16(32)29-13/h1-8,31H,(H,30,34). The largest absolute Gasteiger partial charge is 0.417 e. The fourth-order valence-electron chi connectivity index (χ4n) is 3.07. The number of aromatic nitrogens is 4. The lowest BCUT2D eigenvalue weighted by Gasteiger charge is -2.13. The van der Waals surface area contributed by atoms with E-state index in [1.54, 1.807) is 4.83 Å². The highest BCUT2D eigenvalue weighted by atomic mass is 35.5. The van der Waals surface area contributed by atoms with Crippen molar-refractivity contribution in [1.29, 1.82) is 0 Å². The first-order valence-corrected chi connectivity index (χ1v) is 11.8. The molecule has 0 saturated carbocycles. The zero-order valence-electron chi connectivity index (χ0n) is 17.6. The Labute approximate surface area is 212 Å². The van der Waals surface area contributed by atoms with Crippen LogP contribution in [0, 0.1) is 0 Å². The van der Waals surface area contributed by atoms with Crippen LogP contribution in [-0.2, 0) is 22.4 Å². The lowest BCUT2D eigenvalue weighted by atomic mass is 10.3. The second-order valence-electron chi connectivity index (χ2n) is 7.23. The summed E-state index contributed by atoms with van der Waals surface area (Å²) in [5.41, 5.74) is -1.09. The first-order chi connectivity index (χ1) is 17.1. The summed E-state index contributed by atoms with van der Waals surface area (Å²) in [5.74, 6) is -1.50. The lowest BCUT2D eigenvalue weighted by Crippen LogP contribution is -2.42. The SMILES string of the molecule is O=C(NNS(=O)(=O)c1cccn1-c1ncc(C(F)(F)F)cc1Cl)c1cn2cc(C(F)(F)F)cc(Cl)c2n1. The third kappa shape index (κ3) is 5.36. The van der Waals surface area contributed by atoms with E-state index in [2.05, 4.69) is 9.97 Å². The minimum atomic E-state index is -4.73. The molecule has 37 heavy (non-hydrogen) atoms. The highest BCUT2D eigenvalue weighted by molar-refractivity contribution is 7.89. The molecule has 0 aliphatic carbocycles. The molecule has 0 unspecified atom stereocenters. The average molecular weight is 587 g/mol. The maximum atomic E-state index is 13.0. The summed E-state index contributed by atoms with van der Waals surface area (Å²) in [7, 11) is -4.57. The number of carbonyl (C=O) groups excluding carboxylic acids is 1. The minimum absolute atomic E-state index is 0.195. The number of rotatable bonds is 5. The molecule has 0 atom stereocenters. The summed E-state index contributed by atoms with van der Waals surface area (Å²) < 4.78 is 105. The second-order valence-corrected chi connectivity index (χ2v) is 9.68. The summed E-state index contributed by atoms with van der Waals surface area (Å²) in [4.78, 5) is 21.6. The summed E-state index contributed by atoms with van der Waals surface area (Å²) in [6.45, 7) is 0. The van der Waals surface area contributed by atoms with E-state index in [9.17, 15) is 39.6 Å². The van der Waals surface area contributed by atoms with Crippen molar-refractivity contribution < 1.29 is 39.6 Å². The highest BCUT2D eigenvalue weighted by Gasteiger charge is 2.33. The number of sulfonamides is 1. The third-order valence-electron chi connectivity index (χ3n) is 4.73. The number of hydrogen-bond donors (Lipinski definition) is 2. The molecule has 1 amide bonds. The van der Waals surface area contributed by atoms with E-state index in [1.165, 1.54) is 6.07 Å². The van der Waals surface area contributed by atoms with Gasteiger partial charge in [0.25, 0.3) is 15.9 Å². The Morgan fingerprint density at radius 2 is 1.62 bits per heavy atom. The molecule has 0 fully saturated rings. The molecule has 196 valence electrons. The van der Waals surface area contributed by atoms with Crippen LogP contribution in [-0.4, -0.2) is 33.3 Å². The van der Waals surface area contributed by atoms with Gasteiger partial charge in [0.2, 0.25) is 0 Å². The first-order valence-electron chi connectivity index (χ1n) is 9.56. The van der Waals surface area contributed by atoms with E-state index in [1.807, 2.05) is 5.43 Å². The molecule has 4 aromatic rings. The molecule has 0 aliphatic heterocycles. The predicted molar refractivity (Wildman–Crippen MR) is 117 cm³/mol. The van der Waals surface area contributed by atoms with Crippen LogP contribution >= 0.6 is 23.2 Å². The van der Waals surface area contributed by atoms with Crippen LogP contribution < -0.4 is 10.3 Å². The average Bonchev–Trinajstić information content (AvgIpc) is 3.44. The smallest absolute Gasteiger partial charge is 0.304 e. The topological polar surface area (TPSA) is 110 Å². The van der Waals surface area contributed by atoms with Crippen LogP contribution in [0.3, 0.4) is 0 Å². The molecule has 0 spiro atoms. The quantitative estimate of drug-likeness (QED) is 0.264. The van der Waals surface area contributed by atoms with Gasteiger partial charge < -0.3 is 4.40 Å². The molecular formula is C19H10Cl2F6N6O3S. The number of amides is 1. The Bertz CT molecular complexity index is 1630. The van der Waals surface area contributed by atoms with Gasteiger partial charge in [-0.1, -0.05) is 23.2 Å². The minimum Gasteiger partial charge on any atom is -0.304 e. The van der Waals surface area contributed by atoms with Gasteiger partial charge in [-0.25, -0.2) is 18.4 Å². The number of imidazole rings is 1. The monoisotopic (exact) mass is 586 g/mol. The van der Waals surface area contributed by atoms with Gasteiger partial charge >= 0.3 is 12.4 Å². The van der Waals surface area contributed by atoms with E-state index in [4.69, 9.17) is 23.2 Å². The number of carbonyl (C=O) groups is 1. The molecule has 4 aromatic heterocycles. The lowest BCUT2D eigenvalue weighted by molar-refractivity contribution is -0.138. The van der Waals surface area contributed by atoms with Crippen molar-refractivity contribution in [2.24, 2.45) is 0 Å². The van der Waals surface area contributed by atoms with Gasteiger partial charge in [0.15, 0.2) is 16.5 Å². The van der Waals surface area contributed by atoms with Gasteiger partial charge in [-0.3, -0.25) is 14.8 Å². The number of nitrogens with one attached hydrogen (secondary N) is 2. The maximum Gasteiger partial charge on any atom is 0.417 e. The van der Waals surface area contributed by atoms with E-state index in [0.717, 1.165) is 27.4 Å². The molecule has 0 aliphatic rings. The zero-order valence-corrected chi connectivity index (χ0v) is 19.9. The van der Waals surface area contributed by atoms with Crippen LogP contribution in [0.1, 0.15) is 21.6 Å². The fraction of sp³-hybridized carbons (Fsp3) is 0.105. The predicted octanol–water partition coefficient (Wildman–Crippen LogP) is 4.49. The molecule has 2 N–H and O–H groups in total. The van der Waals surface area contributed by atoms with Gasteiger partial charge in [-0.15, -0.1) is 4.83 Å². The molecule has 0 saturated heterocycles. The number of alkyl halides is 6. The molecule has 9 nitrogen and oxygen atoms in total. The van der Waals surface area contributed by atoms with Crippen molar-refractivity contribution in [2.75, 3.05) is 0 Å². The highest BCUT2D eigenvalue weighted by Crippen LogP contribution is 2.33. The Morgan fingerprint density at radius 3 is 2.24 bits per heavy atom. The van der Waals surface area contributed by atoms with Gasteiger partial charge in [0, 0.05) is 24.8 Å².